The molecule has 0 aromatic heterocycles. The molecule has 0 heterocycles. The maximum atomic E-state index is 8.62. The number of allylic oxidation sites excluding steroid dienone is 3. The number of rotatable bonds is 5. The molecule has 1 heteroatoms. The molecule has 2 saturated carbocycles. The van der Waals surface area contributed by atoms with E-state index in [4.69, 9.17) is 5.26 Å². The first-order valence-electron chi connectivity index (χ1n) is 8.99. The lowest BCUT2D eigenvalue weighted by atomic mass is 9.70. The van der Waals surface area contributed by atoms with Gasteiger partial charge in [-0.15, -0.1) is 0 Å². The SMILES string of the molecule is C=C(C1CCC(/C=C/C#N)CC1)C1CCC(CCC)CC1. The van der Waals surface area contributed by atoms with Crippen LogP contribution in [0.5, 0.6) is 0 Å². The van der Waals surface area contributed by atoms with Crippen LogP contribution in [0, 0.1) is 35.0 Å². The Kier molecular flexibility index (Phi) is 6.55. The van der Waals surface area contributed by atoms with Crippen LogP contribution < -0.4 is 0 Å². The summed E-state index contributed by atoms with van der Waals surface area (Å²) in [5.41, 5.74) is 1.56. The summed E-state index contributed by atoms with van der Waals surface area (Å²) in [5.74, 6) is 3.18. The molecule has 2 fully saturated rings. The standard InChI is InChI=1S/C20H31N/c1-3-5-17-7-11-19(12-8-17)16(2)20-13-9-18(10-14-20)6-4-15-21/h4,6,17-20H,2-3,5,7-14H2,1H3/b6-4+. The molecule has 0 bridgehead atoms. The molecule has 0 radical (unpaired) electrons. The molecule has 21 heavy (non-hydrogen) atoms. The molecule has 0 saturated heterocycles. The van der Waals surface area contributed by atoms with Gasteiger partial charge in [-0.25, -0.2) is 0 Å². The predicted molar refractivity (Wildman–Crippen MR) is 89.7 cm³/mol. The van der Waals surface area contributed by atoms with Gasteiger partial charge < -0.3 is 0 Å². The molecule has 0 atom stereocenters. The Labute approximate surface area is 131 Å². The summed E-state index contributed by atoms with van der Waals surface area (Å²) in [5, 5.41) is 8.62. The van der Waals surface area contributed by atoms with Crippen LogP contribution >= 0.6 is 0 Å². The van der Waals surface area contributed by atoms with E-state index in [9.17, 15) is 0 Å². The summed E-state index contributed by atoms with van der Waals surface area (Å²) in [6, 6.07) is 2.12. The summed E-state index contributed by atoms with van der Waals surface area (Å²) in [6.45, 7) is 6.80. The van der Waals surface area contributed by atoms with E-state index in [1.54, 1.807) is 11.6 Å². The minimum absolute atomic E-state index is 0.633. The summed E-state index contributed by atoms with van der Waals surface area (Å²) in [4.78, 5) is 0. The quantitative estimate of drug-likeness (QED) is 0.446. The van der Waals surface area contributed by atoms with Gasteiger partial charge in [0, 0.05) is 6.08 Å². The minimum Gasteiger partial charge on any atom is -0.193 e. The van der Waals surface area contributed by atoms with Crippen LogP contribution in [-0.2, 0) is 0 Å². The molecule has 0 aromatic rings. The predicted octanol–water partition coefficient (Wildman–Crippen LogP) is 6.04. The van der Waals surface area contributed by atoms with E-state index in [2.05, 4.69) is 25.6 Å². The molecular weight excluding hydrogens is 254 g/mol. The van der Waals surface area contributed by atoms with Gasteiger partial charge in [0.2, 0.25) is 0 Å². The van der Waals surface area contributed by atoms with Crippen LogP contribution in [0.25, 0.3) is 0 Å². The molecule has 0 unspecified atom stereocenters. The summed E-state index contributed by atoms with van der Waals surface area (Å²) in [7, 11) is 0. The lowest BCUT2D eigenvalue weighted by molar-refractivity contribution is 0.255. The van der Waals surface area contributed by atoms with Gasteiger partial charge in [-0.3, -0.25) is 0 Å². The average molecular weight is 285 g/mol. The molecule has 2 aliphatic carbocycles. The first-order chi connectivity index (χ1) is 10.2. The topological polar surface area (TPSA) is 23.8 Å². The van der Waals surface area contributed by atoms with Crippen molar-refractivity contribution in [2.24, 2.45) is 23.7 Å². The molecule has 116 valence electrons. The lowest BCUT2D eigenvalue weighted by Gasteiger charge is -2.35. The Morgan fingerprint density at radius 1 is 1.05 bits per heavy atom. The molecule has 0 aliphatic heterocycles. The normalized spacial score (nSPS) is 33.7. The fourth-order valence-electron chi connectivity index (χ4n) is 4.43. The smallest absolute Gasteiger partial charge is 0.0908 e. The maximum absolute atomic E-state index is 8.62. The van der Waals surface area contributed by atoms with E-state index >= 15 is 0 Å². The molecule has 0 N–H and O–H groups in total. The third-order valence-corrected chi connectivity index (χ3v) is 5.81. The number of hydrogen-bond donors (Lipinski definition) is 0. The van der Waals surface area contributed by atoms with Crippen molar-refractivity contribution in [1.82, 2.24) is 0 Å². The van der Waals surface area contributed by atoms with Crippen LogP contribution in [-0.4, -0.2) is 0 Å². The molecule has 0 spiro atoms. The second kappa shape index (κ2) is 8.42. The minimum atomic E-state index is 0.633. The van der Waals surface area contributed by atoms with Crippen molar-refractivity contribution in [1.29, 1.82) is 5.26 Å². The van der Waals surface area contributed by atoms with Gasteiger partial charge in [0.05, 0.1) is 6.07 Å². The van der Waals surface area contributed by atoms with Gasteiger partial charge in [0.1, 0.15) is 0 Å². The highest BCUT2D eigenvalue weighted by atomic mass is 14.3. The van der Waals surface area contributed by atoms with Crippen molar-refractivity contribution in [2.45, 2.75) is 71.1 Å². The molecular formula is C20H31N. The van der Waals surface area contributed by atoms with Crippen LogP contribution in [0.4, 0.5) is 0 Å². The van der Waals surface area contributed by atoms with Crippen molar-refractivity contribution in [2.75, 3.05) is 0 Å². The highest BCUT2D eigenvalue weighted by Gasteiger charge is 2.28. The monoisotopic (exact) mass is 285 g/mol. The van der Waals surface area contributed by atoms with Crippen LogP contribution in [0.1, 0.15) is 71.1 Å². The van der Waals surface area contributed by atoms with Gasteiger partial charge in [0.25, 0.3) is 0 Å². The molecule has 1 nitrogen and oxygen atoms in total. The summed E-state index contributed by atoms with van der Waals surface area (Å²) in [6.07, 6.45) is 17.2. The molecule has 0 aromatic carbocycles. The van der Waals surface area contributed by atoms with Crippen molar-refractivity contribution >= 4 is 0 Å². The average Bonchev–Trinajstić information content (AvgIpc) is 2.54. The third kappa shape index (κ3) is 4.73. The van der Waals surface area contributed by atoms with Gasteiger partial charge in [-0.05, 0) is 75.0 Å². The number of nitrogens with zero attached hydrogens (tertiary/aromatic N) is 1. The Morgan fingerprint density at radius 2 is 1.62 bits per heavy atom. The first kappa shape index (κ1) is 16.3. The summed E-state index contributed by atoms with van der Waals surface area (Å²) >= 11 is 0. The highest BCUT2D eigenvalue weighted by Crippen LogP contribution is 2.42. The van der Waals surface area contributed by atoms with E-state index in [1.165, 1.54) is 64.2 Å². The second-order valence-electron chi connectivity index (χ2n) is 7.18. The summed E-state index contributed by atoms with van der Waals surface area (Å²) < 4.78 is 0. The van der Waals surface area contributed by atoms with E-state index in [0.29, 0.717) is 5.92 Å². The fourth-order valence-corrected chi connectivity index (χ4v) is 4.43. The van der Waals surface area contributed by atoms with Crippen molar-refractivity contribution < 1.29 is 0 Å². The van der Waals surface area contributed by atoms with Gasteiger partial charge in [0.15, 0.2) is 0 Å². The molecule has 2 aliphatic rings. The number of hydrogen-bond acceptors (Lipinski definition) is 1. The van der Waals surface area contributed by atoms with Crippen LogP contribution in [0.3, 0.4) is 0 Å². The van der Waals surface area contributed by atoms with Crippen molar-refractivity contribution in [3.8, 4) is 6.07 Å². The highest BCUT2D eigenvalue weighted by molar-refractivity contribution is 5.10. The Hall–Kier alpha value is -1.03. The Balaban J connectivity index is 1.75. The number of nitriles is 1. The van der Waals surface area contributed by atoms with E-state index in [1.807, 2.05) is 0 Å². The van der Waals surface area contributed by atoms with E-state index < -0.39 is 0 Å². The van der Waals surface area contributed by atoms with Gasteiger partial charge in [-0.1, -0.05) is 38.0 Å². The van der Waals surface area contributed by atoms with Gasteiger partial charge >= 0.3 is 0 Å². The van der Waals surface area contributed by atoms with Crippen LogP contribution in [0.2, 0.25) is 0 Å². The van der Waals surface area contributed by atoms with Crippen LogP contribution in [0.15, 0.2) is 24.3 Å². The fraction of sp³-hybridized carbons (Fsp3) is 0.750. The zero-order valence-corrected chi connectivity index (χ0v) is 13.7. The second-order valence-corrected chi connectivity index (χ2v) is 7.18. The first-order valence-corrected chi connectivity index (χ1v) is 8.99. The molecule has 2 rings (SSSR count). The third-order valence-electron chi connectivity index (χ3n) is 5.81. The zero-order valence-electron chi connectivity index (χ0n) is 13.7. The zero-order chi connectivity index (χ0) is 15.1. The van der Waals surface area contributed by atoms with Crippen molar-refractivity contribution in [3.05, 3.63) is 24.3 Å². The van der Waals surface area contributed by atoms with E-state index in [0.717, 1.165) is 17.8 Å². The molecule has 0 amide bonds. The Bertz CT molecular complexity index is 385. The van der Waals surface area contributed by atoms with Crippen molar-refractivity contribution in [3.63, 3.8) is 0 Å². The largest absolute Gasteiger partial charge is 0.193 e. The lowest BCUT2D eigenvalue weighted by Crippen LogP contribution is -2.22. The van der Waals surface area contributed by atoms with Gasteiger partial charge in [-0.2, -0.15) is 5.26 Å². The Morgan fingerprint density at radius 3 is 2.14 bits per heavy atom. The maximum Gasteiger partial charge on any atom is 0.0908 e. The van der Waals surface area contributed by atoms with E-state index in [-0.39, 0.29) is 0 Å².